The van der Waals surface area contributed by atoms with Gasteiger partial charge in [-0.2, -0.15) is 8.42 Å². The Morgan fingerprint density at radius 1 is 1.29 bits per heavy atom. The lowest BCUT2D eigenvalue weighted by atomic mass is 9.99. The fourth-order valence-corrected chi connectivity index (χ4v) is 1.60. The highest BCUT2D eigenvalue weighted by atomic mass is 32.2. The van der Waals surface area contributed by atoms with Crippen molar-refractivity contribution in [2.24, 2.45) is 0 Å². The molecule has 0 bridgehead atoms. The number of rotatable bonds is 3. The van der Waals surface area contributed by atoms with Crippen molar-refractivity contribution < 1.29 is 13.0 Å². The van der Waals surface area contributed by atoms with Crippen molar-refractivity contribution in [3.8, 4) is 0 Å². The van der Waals surface area contributed by atoms with Gasteiger partial charge in [-0.25, -0.2) is 0 Å². The van der Waals surface area contributed by atoms with Crippen LogP contribution in [0.15, 0.2) is 29.2 Å². The minimum Gasteiger partial charge on any atom is -0.282 e. The smallest absolute Gasteiger partial charge is 0.282 e. The van der Waals surface area contributed by atoms with E-state index < -0.39 is 10.1 Å². The quantitative estimate of drug-likeness (QED) is 0.619. The van der Waals surface area contributed by atoms with Crippen molar-refractivity contribution in [1.82, 2.24) is 0 Å². The van der Waals surface area contributed by atoms with Gasteiger partial charge >= 0.3 is 0 Å². The second-order valence-electron chi connectivity index (χ2n) is 3.13. The maximum atomic E-state index is 10.7. The minimum atomic E-state index is -4.06. The predicted octanol–water partition coefficient (Wildman–Crippen LogP) is 2.29. The van der Waals surface area contributed by atoms with Gasteiger partial charge in [0.15, 0.2) is 0 Å². The Bertz CT molecular complexity index is 392. The Morgan fingerprint density at radius 2 is 1.79 bits per heavy atom. The van der Waals surface area contributed by atoms with E-state index in [4.69, 9.17) is 4.55 Å². The third-order valence-electron chi connectivity index (χ3n) is 2.18. The number of hydrogen-bond acceptors (Lipinski definition) is 2. The summed E-state index contributed by atoms with van der Waals surface area (Å²) in [5.41, 5.74) is 1.000. The van der Waals surface area contributed by atoms with Gasteiger partial charge < -0.3 is 0 Å². The van der Waals surface area contributed by atoms with Crippen LogP contribution in [0.3, 0.4) is 0 Å². The van der Waals surface area contributed by atoms with Gasteiger partial charge in [0.2, 0.25) is 0 Å². The van der Waals surface area contributed by atoms with Gasteiger partial charge in [0.1, 0.15) is 10.5 Å². The monoisotopic (exact) mass is 213 g/mol. The number of hydrogen-bond donors (Lipinski definition) is 1. The second kappa shape index (κ2) is 4.02. The summed E-state index contributed by atoms with van der Waals surface area (Å²) in [6, 6.07) is 6.21. The average Bonchev–Trinajstić information content (AvgIpc) is 2.15. The first-order valence-electron chi connectivity index (χ1n) is 4.35. The summed E-state index contributed by atoms with van der Waals surface area (Å²) in [4.78, 5) is -0.0647. The zero-order valence-electron chi connectivity index (χ0n) is 8.19. The highest BCUT2D eigenvalue weighted by molar-refractivity contribution is 7.85. The molecule has 4 heteroatoms. The molecule has 1 N–H and O–H groups in total. The van der Waals surface area contributed by atoms with E-state index in [0.29, 0.717) is 0 Å². The van der Waals surface area contributed by atoms with Gasteiger partial charge in [-0.15, -0.1) is 0 Å². The third kappa shape index (κ3) is 2.49. The van der Waals surface area contributed by atoms with Crippen molar-refractivity contribution in [2.75, 3.05) is 0 Å². The number of benzene rings is 1. The lowest BCUT2D eigenvalue weighted by Gasteiger charge is -2.00. The summed E-state index contributed by atoms with van der Waals surface area (Å²) in [5, 5.41) is 0. The maximum Gasteiger partial charge on any atom is 0.296 e. The van der Waals surface area contributed by atoms with Crippen LogP contribution in [-0.4, -0.2) is 13.0 Å². The molecule has 14 heavy (non-hydrogen) atoms. The molecule has 0 saturated heterocycles. The Kier molecular flexibility index (Phi) is 3.18. The topological polar surface area (TPSA) is 54.4 Å². The average molecular weight is 213 g/mol. The van der Waals surface area contributed by atoms with Gasteiger partial charge in [0, 0.05) is 43.5 Å². The van der Waals surface area contributed by atoms with E-state index in [1.807, 2.05) is 13.8 Å². The first-order valence-corrected chi connectivity index (χ1v) is 5.79. The van der Waals surface area contributed by atoms with Crippen LogP contribution >= 0.6 is 0 Å². The summed E-state index contributed by atoms with van der Waals surface area (Å²) < 4.78 is 30.2. The molecular weight excluding hydrogens is 200 g/mol. The van der Waals surface area contributed by atoms with Gasteiger partial charge in [0.25, 0.3) is 10.1 Å². The fourth-order valence-electron chi connectivity index (χ4n) is 1.12. The van der Waals surface area contributed by atoms with Gasteiger partial charge in [-0.1, -0.05) is 0 Å². The van der Waals surface area contributed by atoms with Crippen molar-refractivity contribution in [1.29, 1.82) is 0 Å². The summed E-state index contributed by atoms with van der Waals surface area (Å²) >= 11 is 0. The Balaban J connectivity index is 3.01. The zero-order valence-corrected chi connectivity index (χ0v) is 9.00. The molecule has 1 rings (SSSR count). The molecule has 0 unspecified atom stereocenters. The molecule has 0 heterocycles. The first-order chi connectivity index (χ1) is 6.45. The van der Waals surface area contributed by atoms with Crippen molar-refractivity contribution in [3.63, 3.8) is 0 Å². The lowest BCUT2D eigenvalue weighted by Crippen LogP contribution is -1.99. The Hall–Kier alpha value is -1.00. The summed E-state index contributed by atoms with van der Waals surface area (Å²) in [5.74, 6) is 1.19. The van der Waals surface area contributed by atoms with Crippen LogP contribution in [0.1, 0.15) is 25.8 Å². The van der Waals surface area contributed by atoms with E-state index in [1.54, 1.807) is 12.1 Å². The molecule has 76 valence electrons. The predicted molar refractivity (Wildman–Crippen MR) is 54.6 cm³/mol. The molecular formula is C10H13O3S+. The molecule has 0 radical (unpaired) electrons. The fraction of sp³-hybridized carbons (Fsp3) is 0.300. The van der Waals surface area contributed by atoms with E-state index in [2.05, 4.69) is 0 Å². The van der Waals surface area contributed by atoms with Crippen molar-refractivity contribution in [3.05, 3.63) is 35.7 Å². The van der Waals surface area contributed by atoms with E-state index in [1.165, 1.54) is 18.1 Å². The highest BCUT2D eigenvalue weighted by Crippen LogP contribution is 2.19. The van der Waals surface area contributed by atoms with Crippen molar-refractivity contribution >= 4 is 10.1 Å². The molecule has 0 aromatic heterocycles. The molecule has 0 spiro atoms. The molecule has 1 aromatic carbocycles. The van der Waals surface area contributed by atoms with Crippen LogP contribution in [0, 0.1) is 5.92 Å². The maximum absolute atomic E-state index is 10.7. The summed E-state index contributed by atoms with van der Waals surface area (Å²) in [6.07, 6.45) is 0.922. The van der Waals surface area contributed by atoms with Gasteiger partial charge in [0.05, 0.1) is 0 Å². The second-order valence-corrected chi connectivity index (χ2v) is 4.55. The normalized spacial score (nSPS) is 11.4. The molecule has 1 aromatic rings. The van der Waals surface area contributed by atoms with Gasteiger partial charge in [-0.3, -0.25) is 4.55 Å². The zero-order chi connectivity index (χ0) is 10.8. The van der Waals surface area contributed by atoms with E-state index in [9.17, 15) is 8.42 Å². The third-order valence-corrected chi connectivity index (χ3v) is 3.04. The molecule has 0 saturated carbocycles. The Morgan fingerprint density at radius 3 is 2.14 bits per heavy atom. The first kappa shape index (κ1) is 11.1. The van der Waals surface area contributed by atoms with Crippen LogP contribution in [-0.2, 0) is 10.1 Å². The molecule has 0 fully saturated rings. The molecule has 0 aliphatic rings. The summed E-state index contributed by atoms with van der Waals surface area (Å²) in [7, 11) is -4.06. The molecule has 0 aliphatic heterocycles. The van der Waals surface area contributed by atoms with E-state index in [-0.39, 0.29) is 4.90 Å². The molecule has 3 nitrogen and oxygen atoms in total. The molecule has 0 amide bonds. The molecule has 0 aliphatic carbocycles. The van der Waals surface area contributed by atoms with Crippen LogP contribution in [0.25, 0.3) is 0 Å². The molecule has 0 atom stereocenters. The largest absolute Gasteiger partial charge is 0.296 e. The van der Waals surface area contributed by atoms with Gasteiger partial charge in [-0.05, 0) is 6.92 Å². The van der Waals surface area contributed by atoms with E-state index >= 15 is 0 Å². The van der Waals surface area contributed by atoms with E-state index in [0.717, 1.165) is 12.0 Å². The Labute approximate surface area is 84.5 Å². The SMILES string of the molecule is CC[C+](C)c1ccc(S(=O)(=O)O)cc1. The van der Waals surface area contributed by atoms with Crippen molar-refractivity contribution in [2.45, 2.75) is 25.2 Å². The minimum absolute atomic E-state index is 0.0647. The highest BCUT2D eigenvalue weighted by Gasteiger charge is 2.15. The summed E-state index contributed by atoms with van der Waals surface area (Å²) in [6.45, 7) is 4.02. The standard InChI is InChI=1S/C10H12O3S/c1-3-8(2)9-4-6-10(7-5-9)14(11,12)13/h4-7H,3H2,1-2H3/p+1. The lowest BCUT2D eigenvalue weighted by molar-refractivity contribution is 0.483. The van der Waals surface area contributed by atoms with Crippen LogP contribution < -0.4 is 0 Å². The van der Waals surface area contributed by atoms with Crippen LogP contribution in [0.2, 0.25) is 0 Å². The van der Waals surface area contributed by atoms with Crippen LogP contribution in [0.5, 0.6) is 0 Å². The van der Waals surface area contributed by atoms with Crippen LogP contribution in [0.4, 0.5) is 0 Å².